The van der Waals surface area contributed by atoms with Crippen molar-refractivity contribution in [2.75, 3.05) is 12.3 Å². The lowest BCUT2D eigenvalue weighted by molar-refractivity contribution is 0.500. The van der Waals surface area contributed by atoms with Crippen LogP contribution in [0.3, 0.4) is 0 Å². The molecule has 0 spiro atoms. The first kappa shape index (κ1) is 7.42. The number of hydrogen-bond acceptors (Lipinski definition) is 2. The molecule has 1 aliphatic heterocycles. The molecule has 0 saturated carbocycles. The molecule has 1 heterocycles. The van der Waals surface area contributed by atoms with Gasteiger partial charge in [-0.3, -0.25) is 0 Å². The molecular formula is C7H15NS. The first-order valence-electron chi connectivity index (χ1n) is 3.66. The maximum Gasteiger partial charge on any atom is 0.0617 e. The Morgan fingerprint density at radius 3 is 2.89 bits per heavy atom. The summed E-state index contributed by atoms with van der Waals surface area (Å²) in [6.45, 7) is 5.74. The second-order valence-corrected chi connectivity index (χ2v) is 4.35. The van der Waals surface area contributed by atoms with Gasteiger partial charge in [-0.2, -0.15) is 0 Å². The third-order valence-electron chi connectivity index (χ3n) is 1.75. The van der Waals surface area contributed by atoms with Crippen LogP contribution in [0.15, 0.2) is 0 Å². The molecule has 0 radical (unpaired) electrons. The quantitative estimate of drug-likeness (QED) is 0.636. The van der Waals surface area contributed by atoms with Crippen molar-refractivity contribution < 1.29 is 0 Å². The number of hydrogen-bond donors (Lipinski definition) is 1. The third kappa shape index (κ3) is 1.87. The predicted molar refractivity (Wildman–Crippen MR) is 43.8 cm³/mol. The first-order chi connectivity index (χ1) is 4.27. The summed E-state index contributed by atoms with van der Waals surface area (Å²) >= 11 is 2.06. The smallest absolute Gasteiger partial charge is 0.0617 e. The van der Waals surface area contributed by atoms with E-state index in [9.17, 15) is 0 Å². The molecule has 1 atom stereocenters. The van der Waals surface area contributed by atoms with Crippen LogP contribution < -0.4 is 5.32 Å². The van der Waals surface area contributed by atoms with Gasteiger partial charge >= 0.3 is 0 Å². The molecule has 0 aromatic rings. The van der Waals surface area contributed by atoms with E-state index in [1.54, 1.807) is 0 Å². The lowest BCUT2D eigenvalue weighted by atomic mass is 10.2. The Balaban J connectivity index is 2.32. The van der Waals surface area contributed by atoms with Crippen molar-refractivity contribution in [3.63, 3.8) is 0 Å². The molecule has 1 saturated heterocycles. The molecule has 1 nitrogen and oxygen atoms in total. The second kappa shape index (κ2) is 2.93. The summed E-state index contributed by atoms with van der Waals surface area (Å²) in [7, 11) is 0. The van der Waals surface area contributed by atoms with Gasteiger partial charge in [0.25, 0.3) is 0 Å². The highest BCUT2D eigenvalue weighted by Gasteiger charge is 2.26. The lowest BCUT2D eigenvalue weighted by Gasteiger charge is -2.21. The van der Waals surface area contributed by atoms with Gasteiger partial charge in [-0.25, -0.2) is 0 Å². The molecular weight excluding hydrogens is 130 g/mol. The summed E-state index contributed by atoms with van der Waals surface area (Å²) < 4.78 is 0. The minimum atomic E-state index is 0.411. The molecule has 2 heteroatoms. The average molecular weight is 145 g/mol. The summed E-state index contributed by atoms with van der Waals surface area (Å²) in [4.78, 5) is 0.411. The van der Waals surface area contributed by atoms with Crippen molar-refractivity contribution >= 4 is 11.8 Å². The van der Waals surface area contributed by atoms with E-state index in [2.05, 4.69) is 30.9 Å². The number of thioether (sulfide) groups is 1. The Kier molecular flexibility index (Phi) is 2.42. The molecule has 0 amide bonds. The highest BCUT2D eigenvalue weighted by molar-refractivity contribution is 8.00. The molecule has 1 rings (SSSR count). The van der Waals surface area contributed by atoms with Gasteiger partial charge in [0.05, 0.1) is 4.87 Å². The highest BCUT2D eigenvalue weighted by atomic mass is 32.2. The van der Waals surface area contributed by atoms with Crippen LogP contribution in [-0.4, -0.2) is 17.2 Å². The van der Waals surface area contributed by atoms with Crippen molar-refractivity contribution in [3.8, 4) is 0 Å². The van der Waals surface area contributed by atoms with E-state index in [0.29, 0.717) is 4.87 Å². The van der Waals surface area contributed by atoms with Crippen molar-refractivity contribution in [1.29, 1.82) is 0 Å². The third-order valence-corrected chi connectivity index (χ3v) is 3.14. The minimum absolute atomic E-state index is 0.411. The zero-order chi connectivity index (χ0) is 6.74. The summed E-state index contributed by atoms with van der Waals surface area (Å²) in [6, 6.07) is 0. The zero-order valence-electron chi connectivity index (χ0n) is 6.24. The van der Waals surface area contributed by atoms with Gasteiger partial charge in [-0.05, 0) is 13.3 Å². The largest absolute Gasteiger partial charge is 0.302 e. The van der Waals surface area contributed by atoms with E-state index in [4.69, 9.17) is 0 Å². The van der Waals surface area contributed by atoms with Crippen LogP contribution in [0, 0.1) is 0 Å². The minimum Gasteiger partial charge on any atom is -0.302 e. The van der Waals surface area contributed by atoms with Gasteiger partial charge in [0, 0.05) is 12.3 Å². The maximum atomic E-state index is 3.50. The summed E-state index contributed by atoms with van der Waals surface area (Å²) in [5.41, 5.74) is 0. The van der Waals surface area contributed by atoms with Gasteiger partial charge in [-0.15, -0.1) is 11.8 Å². The molecule has 54 valence electrons. The van der Waals surface area contributed by atoms with Crippen LogP contribution in [0.4, 0.5) is 0 Å². The first-order valence-corrected chi connectivity index (χ1v) is 4.64. The Morgan fingerprint density at radius 1 is 1.67 bits per heavy atom. The Bertz CT molecular complexity index is 86.9. The predicted octanol–water partition coefficient (Wildman–Crippen LogP) is 1.84. The van der Waals surface area contributed by atoms with Crippen LogP contribution >= 0.6 is 11.8 Å². The summed E-state index contributed by atoms with van der Waals surface area (Å²) in [5.74, 6) is 1.29. The monoisotopic (exact) mass is 145 g/mol. The van der Waals surface area contributed by atoms with Gasteiger partial charge in [0.1, 0.15) is 0 Å². The maximum absolute atomic E-state index is 3.50. The molecule has 1 aliphatic rings. The molecule has 0 aliphatic carbocycles. The summed E-state index contributed by atoms with van der Waals surface area (Å²) in [5, 5.41) is 3.50. The van der Waals surface area contributed by atoms with Crippen molar-refractivity contribution in [1.82, 2.24) is 5.32 Å². The Hall–Kier alpha value is 0.310. The van der Waals surface area contributed by atoms with Gasteiger partial charge < -0.3 is 5.32 Å². The van der Waals surface area contributed by atoms with E-state index in [1.807, 2.05) is 0 Å². The van der Waals surface area contributed by atoms with E-state index in [1.165, 1.54) is 25.1 Å². The van der Waals surface area contributed by atoms with Gasteiger partial charge in [0.2, 0.25) is 0 Å². The van der Waals surface area contributed by atoms with E-state index >= 15 is 0 Å². The normalized spacial score (nSPS) is 35.3. The summed E-state index contributed by atoms with van der Waals surface area (Å²) in [6.07, 6.45) is 2.59. The standard InChI is InChI=1S/C7H15NS/c1-3-4-7(2)8-5-6-9-7/h8H,3-6H2,1-2H3. The molecule has 9 heavy (non-hydrogen) atoms. The number of nitrogens with one attached hydrogen (secondary N) is 1. The van der Waals surface area contributed by atoms with Gasteiger partial charge in [-0.1, -0.05) is 13.3 Å². The van der Waals surface area contributed by atoms with E-state index in [0.717, 1.165) is 0 Å². The SMILES string of the molecule is CCCC1(C)NCCS1. The Morgan fingerprint density at radius 2 is 2.44 bits per heavy atom. The molecule has 1 unspecified atom stereocenters. The van der Waals surface area contributed by atoms with Crippen molar-refractivity contribution in [2.24, 2.45) is 0 Å². The zero-order valence-corrected chi connectivity index (χ0v) is 7.05. The molecule has 1 fully saturated rings. The van der Waals surface area contributed by atoms with E-state index in [-0.39, 0.29) is 0 Å². The van der Waals surface area contributed by atoms with Crippen LogP contribution in [0.5, 0.6) is 0 Å². The molecule has 0 aromatic heterocycles. The molecule has 1 N–H and O–H groups in total. The van der Waals surface area contributed by atoms with Crippen LogP contribution in [0.25, 0.3) is 0 Å². The topological polar surface area (TPSA) is 12.0 Å². The average Bonchev–Trinajstić information content (AvgIpc) is 2.16. The van der Waals surface area contributed by atoms with Crippen molar-refractivity contribution in [3.05, 3.63) is 0 Å². The van der Waals surface area contributed by atoms with Crippen LogP contribution in [-0.2, 0) is 0 Å². The van der Waals surface area contributed by atoms with Crippen molar-refractivity contribution in [2.45, 2.75) is 31.6 Å². The Labute approximate surface area is 61.6 Å². The van der Waals surface area contributed by atoms with Crippen LogP contribution in [0.2, 0.25) is 0 Å². The van der Waals surface area contributed by atoms with Gasteiger partial charge in [0.15, 0.2) is 0 Å². The van der Waals surface area contributed by atoms with Crippen LogP contribution in [0.1, 0.15) is 26.7 Å². The fourth-order valence-electron chi connectivity index (χ4n) is 1.28. The number of rotatable bonds is 2. The molecule has 0 bridgehead atoms. The fourth-order valence-corrected chi connectivity index (χ4v) is 2.49. The highest BCUT2D eigenvalue weighted by Crippen LogP contribution is 2.30. The fraction of sp³-hybridized carbons (Fsp3) is 1.00. The lowest BCUT2D eigenvalue weighted by Crippen LogP contribution is -2.33. The molecule has 0 aromatic carbocycles. The second-order valence-electron chi connectivity index (χ2n) is 2.76. The van der Waals surface area contributed by atoms with E-state index < -0.39 is 0 Å².